The number of ether oxygens (including phenoxy) is 2. The lowest BCUT2D eigenvalue weighted by atomic mass is 10.3. The van der Waals surface area contributed by atoms with Crippen LogP contribution in [0.1, 0.15) is 16.6 Å². The average molecular weight is 146 g/mol. The minimum absolute atomic E-state index is 1.03. The van der Waals surface area contributed by atoms with Crippen molar-refractivity contribution in [2.45, 2.75) is 26.0 Å². The molecular formula is C6H8O4. The Kier molecular flexibility index (Phi) is 1.08. The van der Waals surface area contributed by atoms with E-state index in [1.54, 1.807) is 0 Å². The third-order valence-corrected chi connectivity index (χ3v) is 1.07. The number of cyclic esters (lactones) is 2. The van der Waals surface area contributed by atoms with E-state index in [-0.39, 0.29) is 0 Å². The zero-order valence-corrected chi connectivity index (χ0v) is 5.63. The Hall–Kier alpha value is -1.06. The zero-order valence-electron chi connectivity index (χ0n) is 7.63. The summed E-state index contributed by atoms with van der Waals surface area (Å²) in [4.78, 5) is 21.7. The molecule has 56 valence electrons. The largest absolute Gasteiger partial charge is 0.448 e. The highest BCUT2D eigenvalue weighted by Crippen LogP contribution is 2.08. The van der Waals surface area contributed by atoms with Gasteiger partial charge < -0.3 is 9.47 Å². The molecule has 0 spiro atoms. The summed E-state index contributed by atoms with van der Waals surface area (Å²) in [5.74, 6) is -2.06. The number of hydrogen-bond donors (Lipinski definition) is 0. The van der Waals surface area contributed by atoms with Crippen molar-refractivity contribution < 1.29 is 21.8 Å². The summed E-state index contributed by atoms with van der Waals surface area (Å²) in [6, 6.07) is 0. The molecule has 4 heteroatoms. The predicted octanol–water partition coefficient (Wildman–Crippen LogP) is -0.137. The topological polar surface area (TPSA) is 52.6 Å². The van der Waals surface area contributed by atoms with Crippen LogP contribution in [0, 0.1) is 0 Å². The molecule has 10 heavy (non-hydrogen) atoms. The SMILES string of the molecule is [2H][C@@]1(C)OC(=O)[C@]([2H])(C)OC1=O. The van der Waals surface area contributed by atoms with Crippen molar-refractivity contribution in [2.75, 3.05) is 0 Å². The van der Waals surface area contributed by atoms with E-state index in [9.17, 15) is 9.59 Å². The second-order valence-electron chi connectivity index (χ2n) is 1.89. The lowest BCUT2D eigenvalue weighted by Crippen LogP contribution is -2.40. The van der Waals surface area contributed by atoms with Crippen LogP contribution >= 0.6 is 0 Å². The number of esters is 2. The number of carbonyl (C=O) groups is 2. The summed E-state index contributed by atoms with van der Waals surface area (Å²) in [5, 5.41) is 0. The Labute approximate surface area is 60.9 Å². The number of hydrogen-bond acceptors (Lipinski definition) is 4. The average Bonchev–Trinajstić information content (AvgIpc) is 1.82. The van der Waals surface area contributed by atoms with Gasteiger partial charge in [-0.3, -0.25) is 0 Å². The fraction of sp³-hybridized carbons (Fsp3) is 0.667. The molecule has 0 radical (unpaired) electrons. The summed E-state index contributed by atoms with van der Waals surface area (Å²) in [7, 11) is 0. The van der Waals surface area contributed by atoms with E-state index in [1.165, 1.54) is 0 Å². The molecule has 0 aromatic carbocycles. The molecule has 1 saturated heterocycles. The number of carbonyl (C=O) groups excluding carboxylic acids is 2. The van der Waals surface area contributed by atoms with Gasteiger partial charge in [-0.15, -0.1) is 0 Å². The normalized spacial score (nSPS) is 50.6. The fourth-order valence-corrected chi connectivity index (χ4v) is 0.505. The maximum absolute atomic E-state index is 10.9. The smallest absolute Gasteiger partial charge is 0.347 e. The van der Waals surface area contributed by atoms with Gasteiger partial charge in [0.2, 0.25) is 0 Å². The van der Waals surface area contributed by atoms with Crippen LogP contribution in [0.15, 0.2) is 0 Å². The summed E-state index contributed by atoms with van der Waals surface area (Å²) in [5.41, 5.74) is 0. The molecule has 0 aromatic heterocycles. The van der Waals surface area contributed by atoms with Gasteiger partial charge in [0.25, 0.3) is 0 Å². The van der Waals surface area contributed by atoms with E-state index in [0.29, 0.717) is 0 Å². The zero-order chi connectivity index (χ0) is 9.57. The molecule has 1 fully saturated rings. The molecule has 1 rings (SSSR count). The molecule has 0 aromatic rings. The van der Waals surface area contributed by atoms with Gasteiger partial charge in [0.15, 0.2) is 12.2 Å². The Morgan fingerprint density at radius 2 is 1.50 bits per heavy atom. The molecule has 2 atom stereocenters. The Balaban J connectivity index is 2.91. The van der Waals surface area contributed by atoms with Crippen molar-refractivity contribution in [3.8, 4) is 0 Å². The van der Waals surface area contributed by atoms with Crippen LogP contribution in [0.4, 0.5) is 0 Å². The maximum Gasteiger partial charge on any atom is 0.347 e. The Morgan fingerprint density at radius 3 is 1.80 bits per heavy atom. The molecular weight excluding hydrogens is 136 g/mol. The van der Waals surface area contributed by atoms with Gasteiger partial charge in [-0.2, -0.15) is 0 Å². The molecule has 0 unspecified atom stereocenters. The number of rotatable bonds is 0. The van der Waals surface area contributed by atoms with E-state index in [4.69, 9.17) is 2.74 Å². The molecule has 0 amide bonds. The first-order valence-corrected chi connectivity index (χ1v) is 2.72. The lowest BCUT2D eigenvalue weighted by Gasteiger charge is -2.22. The fourth-order valence-electron chi connectivity index (χ4n) is 0.505. The summed E-state index contributed by atoms with van der Waals surface area (Å²) in [6.45, 7) is 2.17. The van der Waals surface area contributed by atoms with Crippen molar-refractivity contribution in [3.05, 3.63) is 0 Å². The quantitative estimate of drug-likeness (QED) is 0.446. The minimum Gasteiger partial charge on any atom is -0.448 e. The highest BCUT2D eigenvalue weighted by Gasteiger charge is 2.32. The van der Waals surface area contributed by atoms with Crippen LogP contribution in [0.2, 0.25) is 0 Å². The van der Waals surface area contributed by atoms with Crippen LogP contribution in [0.25, 0.3) is 0 Å². The molecule has 1 aliphatic heterocycles. The van der Waals surface area contributed by atoms with Gasteiger partial charge in [-0.05, 0) is 13.8 Å². The third kappa shape index (κ3) is 1.10. The molecule has 0 aliphatic carbocycles. The molecule has 1 heterocycles. The first kappa shape index (κ1) is 4.71. The van der Waals surface area contributed by atoms with Crippen LogP contribution in [-0.2, 0) is 19.1 Å². The van der Waals surface area contributed by atoms with E-state index < -0.39 is 24.1 Å². The van der Waals surface area contributed by atoms with E-state index in [1.807, 2.05) is 0 Å². The Bertz CT molecular complexity index is 220. The van der Waals surface area contributed by atoms with Gasteiger partial charge in [-0.1, -0.05) is 0 Å². The monoisotopic (exact) mass is 146 g/mol. The van der Waals surface area contributed by atoms with Gasteiger partial charge in [0.05, 0.1) is 2.74 Å². The second-order valence-corrected chi connectivity index (χ2v) is 1.89. The minimum atomic E-state index is -2.02. The lowest BCUT2D eigenvalue weighted by molar-refractivity contribution is -0.191. The highest BCUT2D eigenvalue weighted by molar-refractivity contribution is 5.86. The summed E-state index contributed by atoms with van der Waals surface area (Å²) >= 11 is 0. The third-order valence-electron chi connectivity index (χ3n) is 1.07. The van der Waals surface area contributed by atoms with Gasteiger partial charge in [0.1, 0.15) is 0 Å². The summed E-state index contributed by atoms with van der Waals surface area (Å²) < 4.78 is 23.0. The van der Waals surface area contributed by atoms with E-state index in [0.717, 1.165) is 13.8 Å². The van der Waals surface area contributed by atoms with Crippen molar-refractivity contribution in [2.24, 2.45) is 0 Å². The van der Waals surface area contributed by atoms with Crippen LogP contribution in [-0.4, -0.2) is 24.1 Å². The van der Waals surface area contributed by atoms with Gasteiger partial charge in [0, 0.05) is 0 Å². The predicted molar refractivity (Wildman–Crippen MR) is 31.1 cm³/mol. The first-order chi connectivity index (χ1) is 5.26. The Morgan fingerprint density at radius 1 is 1.20 bits per heavy atom. The van der Waals surface area contributed by atoms with Crippen molar-refractivity contribution in [1.82, 2.24) is 0 Å². The van der Waals surface area contributed by atoms with Crippen molar-refractivity contribution >= 4 is 11.9 Å². The van der Waals surface area contributed by atoms with Crippen molar-refractivity contribution in [3.63, 3.8) is 0 Å². The highest BCUT2D eigenvalue weighted by atomic mass is 16.6. The van der Waals surface area contributed by atoms with Crippen LogP contribution in [0.3, 0.4) is 0 Å². The molecule has 0 saturated carbocycles. The second kappa shape index (κ2) is 2.28. The van der Waals surface area contributed by atoms with Gasteiger partial charge >= 0.3 is 11.9 Å². The van der Waals surface area contributed by atoms with Crippen molar-refractivity contribution in [1.29, 1.82) is 0 Å². The molecule has 0 bridgehead atoms. The first-order valence-electron chi connectivity index (χ1n) is 3.72. The standard InChI is InChI=1S/C6H8O4/c1-3-5(7)10-4(2)6(8)9-3/h3-4H,1-2H3/t3-,4-/m0/s1/i3D,4D. The molecule has 1 aliphatic rings. The van der Waals surface area contributed by atoms with Crippen LogP contribution in [0.5, 0.6) is 0 Å². The molecule has 0 N–H and O–H groups in total. The summed E-state index contributed by atoms with van der Waals surface area (Å²) in [6.07, 6.45) is -4.03. The van der Waals surface area contributed by atoms with Gasteiger partial charge in [-0.25, -0.2) is 9.59 Å². The van der Waals surface area contributed by atoms with E-state index in [2.05, 4.69) is 9.47 Å². The maximum atomic E-state index is 10.9. The molecule has 4 nitrogen and oxygen atoms in total. The van der Waals surface area contributed by atoms with E-state index >= 15 is 0 Å². The van der Waals surface area contributed by atoms with Crippen LogP contribution < -0.4 is 0 Å².